The Morgan fingerprint density at radius 2 is 1.97 bits per heavy atom. The Bertz CT molecular complexity index is 1250. The Balaban J connectivity index is 1.78. The van der Waals surface area contributed by atoms with Gasteiger partial charge in [-0.3, -0.25) is 9.58 Å². The van der Waals surface area contributed by atoms with Gasteiger partial charge in [0.15, 0.2) is 17.5 Å². The van der Waals surface area contributed by atoms with Gasteiger partial charge in [0, 0.05) is 18.7 Å². The number of carbonyl (C=O) groups is 1. The average molecular weight is 438 g/mol. The van der Waals surface area contributed by atoms with E-state index in [2.05, 4.69) is 24.8 Å². The average Bonchev–Trinajstić information content (AvgIpc) is 3.44. The number of amides is 1. The molecular formula is C20H19FN8O3. The highest BCUT2D eigenvalue weighted by Crippen LogP contribution is 2.31. The third-order valence-corrected chi connectivity index (χ3v) is 4.66. The van der Waals surface area contributed by atoms with Crippen LogP contribution in [-0.4, -0.2) is 45.0 Å². The van der Waals surface area contributed by atoms with Crippen LogP contribution in [0.4, 0.5) is 26.5 Å². The van der Waals surface area contributed by atoms with E-state index in [1.165, 1.54) is 37.4 Å². The fourth-order valence-electron chi connectivity index (χ4n) is 3.13. The van der Waals surface area contributed by atoms with Gasteiger partial charge in [0.1, 0.15) is 29.2 Å². The number of carbonyl (C=O) groups excluding carboxylic acids is 1. The van der Waals surface area contributed by atoms with Crippen LogP contribution in [0.15, 0.2) is 47.2 Å². The molecule has 32 heavy (non-hydrogen) atoms. The molecule has 0 atom stereocenters. The minimum atomic E-state index is -0.680. The van der Waals surface area contributed by atoms with E-state index in [-0.39, 0.29) is 41.4 Å². The quantitative estimate of drug-likeness (QED) is 0.479. The molecule has 1 aromatic carbocycles. The third kappa shape index (κ3) is 3.80. The summed E-state index contributed by atoms with van der Waals surface area (Å²) in [5, 5.41) is 4.49. The van der Waals surface area contributed by atoms with E-state index >= 15 is 0 Å². The van der Waals surface area contributed by atoms with E-state index in [1.807, 2.05) is 0 Å². The van der Waals surface area contributed by atoms with E-state index in [9.17, 15) is 9.18 Å². The second-order valence-electron chi connectivity index (χ2n) is 6.70. The summed E-state index contributed by atoms with van der Waals surface area (Å²) in [6, 6.07) is 7.99. The Labute approximate surface area is 181 Å². The second kappa shape index (κ2) is 8.34. The number of anilines is 3. The largest absolute Gasteiger partial charge is 0.452 e. The minimum Gasteiger partial charge on any atom is -0.452 e. The predicted molar refractivity (Wildman–Crippen MR) is 114 cm³/mol. The van der Waals surface area contributed by atoms with Crippen molar-refractivity contribution in [2.45, 2.75) is 6.54 Å². The van der Waals surface area contributed by atoms with Crippen molar-refractivity contribution in [1.82, 2.24) is 24.7 Å². The van der Waals surface area contributed by atoms with E-state index in [0.29, 0.717) is 17.0 Å². The number of methoxy groups -OCH3 is 1. The van der Waals surface area contributed by atoms with Crippen molar-refractivity contribution in [1.29, 1.82) is 0 Å². The fourth-order valence-corrected chi connectivity index (χ4v) is 3.13. The van der Waals surface area contributed by atoms with Gasteiger partial charge >= 0.3 is 6.09 Å². The highest BCUT2D eigenvalue weighted by molar-refractivity contribution is 5.94. The highest BCUT2D eigenvalue weighted by atomic mass is 19.1. The van der Waals surface area contributed by atoms with Crippen LogP contribution < -0.4 is 16.4 Å². The van der Waals surface area contributed by atoms with Crippen LogP contribution in [0.1, 0.15) is 5.56 Å². The number of benzene rings is 1. The Kier molecular flexibility index (Phi) is 5.41. The number of nitrogen functional groups attached to an aromatic ring is 2. The molecule has 0 saturated carbocycles. The van der Waals surface area contributed by atoms with Crippen LogP contribution in [0.5, 0.6) is 0 Å². The topological polar surface area (TPSA) is 151 Å². The molecule has 4 N–H and O–H groups in total. The maximum atomic E-state index is 14.2. The number of rotatable bonds is 5. The van der Waals surface area contributed by atoms with E-state index in [4.69, 9.17) is 15.9 Å². The van der Waals surface area contributed by atoms with Crippen molar-refractivity contribution in [3.8, 4) is 23.1 Å². The summed E-state index contributed by atoms with van der Waals surface area (Å²) in [7, 11) is 2.66. The Morgan fingerprint density at radius 1 is 1.25 bits per heavy atom. The van der Waals surface area contributed by atoms with Gasteiger partial charge in [0.05, 0.1) is 19.9 Å². The number of halogens is 1. The molecule has 0 saturated heterocycles. The lowest BCUT2D eigenvalue weighted by molar-refractivity contribution is 0.180. The van der Waals surface area contributed by atoms with Crippen LogP contribution >= 0.6 is 0 Å². The van der Waals surface area contributed by atoms with Crippen LogP contribution in [0.3, 0.4) is 0 Å². The molecule has 164 valence electrons. The second-order valence-corrected chi connectivity index (χ2v) is 6.70. The molecule has 3 aromatic heterocycles. The molecule has 1 amide bonds. The highest BCUT2D eigenvalue weighted by Gasteiger charge is 2.23. The standard InChI is InChI=1S/C20H19FN8O3/c1-28(20(30)31-2)15-16(22)25-18(26-17(15)23)13-9-14(19-24-7-8-32-19)29(27-13)10-11-5-3-4-6-12(11)21/h3-9H,10H2,1-2H3,(H4,22,23,25,26). The van der Waals surface area contributed by atoms with Crippen LogP contribution in [-0.2, 0) is 11.3 Å². The molecule has 11 nitrogen and oxygen atoms in total. The fraction of sp³-hybridized carbons (Fsp3) is 0.150. The summed E-state index contributed by atoms with van der Waals surface area (Å²) >= 11 is 0. The first-order valence-corrected chi connectivity index (χ1v) is 9.35. The summed E-state index contributed by atoms with van der Waals surface area (Å²) in [5.41, 5.74) is 13.4. The van der Waals surface area contributed by atoms with Gasteiger partial charge < -0.3 is 20.6 Å². The zero-order valence-corrected chi connectivity index (χ0v) is 17.2. The van der Waals surface area contributed by atoms with Crippen LogP contribution in [0.25, 0.3) is 23.1 Å². The summed E-state index contributed by atoms with van der Waals surface area (Å²) in [4.78, 5) is 25.6. The molecule has 0 spiro atoms. The molecular weight excluding hydrogens is 419 g/mol. The molecule has 0 bridgehead atoms. The summed E-state index contributed by atoms with van der Waals surface area (Å²) in [6.07, 6.45) is 2.22. The van der Waals surface area contributed by atoms with Crippen molar-refractivity contribution in [3.05, 3.63) is 54.2 Å². The first-order valence-electron chi connectivity index (χ1n) is 9.35. The number of oxazole rings is 1. The molecule has 12 heteroatoms. The predicted octanol–water partition coefficient (Wildman–Crippen LogP) is 2.55. The first kappa shape index (κ1) is 20.8. The number of nitrogens with zero attached hydrogens (tertiary/aromatic N) is 6. The first-order chi connectivity index (χ1) is 15.4. The van der Waals surface area contributed by atoms with Gasteiger partial charge in [-0.05, 0) is 6.07 Å². The van der Waals surface area contributed by atoms with Crippen LogP contribution in [0, 0.1) is 5.82 Å². The SMILES string of the molecule is COC(=O)N(C)c1c(N)nc(-c2cc(-c3ncco3)n(Cc3ccccc3F)n2)nc1N. The normalized spacial score (nSPS) is 10.8. The number of aromatic nitrogens is 5. The lowest BCUT2D eigenvalue weighted by atomic mass is 10.2. The van der Waals surface area contributed by atoms with Crippen molar-refractivity contribution in [2.24, 2.45) is 0 Å². The number of nitrogens with two attached hydrogens (primary N) is 2. The van der Waals surface area contributed by atoms with Gasteiger partial charge in [0.25, 0.3) is 0 Å². The van der Waals surface area contributed by atoms with E-state index in [1.54, 1.807) is 24.3 Å². The molecule has 0 aliphatic rings. The van der Waals surface area contributed by atoms with Gasteiger partial charge in [0.2, 0.25) is 5.89 Å². The van der Waals surface area contributed by atoms with Crippen molar-refractivity contribution in [3.63, 3.8) is 0 Å². The Hall–Kier alpha value is -4.48. The molecule has 0 aliphatic heterocycles. The number of hydrogen-bond acceptors (Lipinski definition) is 9. The smallest absolute Gasteiger partial charge is 0.413 e. The van der Waals surface area contributed by atoms with Gasteiger partial charge in [-0.2, -0.15) is 5.10 Å². The maximum absolute atomic E-state index is 14.2. The number of ether oxygens (including phenoxy) is 1. The minimum absolute atomic E-state index is 0.0401. The summed E-state index contributed by atoms with van der Waals surface area (Å²) in [5.74, 6) is -0.0588. The maximum Gasteiger partial charge on any atom is 0.413 e. The molecule has 0 radical (unpaired) electrons. The van der Waals surface area contributed by atoms with Gasteiger partial charge in [-0.15, -0.1) is 0 Å². The zero-order chi connectivity index (χ0) is 22.8. The third-order valence-electron chi connectivity index (χ3n) is 4.66. The molecule has 4 aromatic rings. The summed E-state index contributed by atoms with van der Waals surface area (Å²) in [6.45, 7) is 0.110. The lowest BCUT2D eigenvalue weighted by Gasteiger charge is -2.18. The Morgan fingerprint density at radius 3 is 2.59 bits per heavy atom. The summed E-state index contributed by atoms with van der Waals surface area (Å²) < 4.78 is 25.8. The molecule has 0 unspecified atom stereocenters. The van der Waals surface area contributed by atoms with Crippen molar-refractivity contribution >= 4 is 23.4 Å². The van der Waals surface area contributed by atoms with Crippen LogP contribution in [0.2, 0.25) is 0 Å². The molecule has 0 aliphatic carbocycles. The molecule has 3 heterocycles. The van der Waals surface area contributed by atoms with Crippen molar-refractivity contribution in [2.75, 3.05) is 30.5 Å². The van der Waals surface area contributed by atoms with Crippen molar-refractivity contribution < 1.29 is 18.3 Å². The number of hydrogen-bond donors (Lipinski definition) is 2. The van der Waals surface area contributed by atoms with Gasteiger partial charge in [-0.1, -0.05) is 18.2 Å². The molecule has 0 fully saturated rings. The lowest BCUT2D eigenvalue weighted by Crippen LogP contribution is -2.28. The van der Waals surface area contributed by atoms with E-state index in [0.717, 1.165) is 4.90 Å². The monoisotopic (exact) mass is 438 g/mol. The van der Waals surface area contributed by atoms with E-state index < -0.39 is 6.09 Å². The zero-order valence-electron chi connectivity index (χ0n) is 17.2. The van der Waals surface area contributed by atoms with Gasteiger partial charge in [-0.25, -0.2) is 24.1 Å². The molecule has 4 rings (SSSR count).